The molecule has 0 fully saturated rings. The number of nitrogens with zero attached hydrogens (tertiary/aromatic N) is 1. The molecule has 108 valence electrons. The number of hydrogen-bond acceptors (Lipinski definition) is 2. The highest BCUT2D eigenvalue weighted by atomic mass is 79.9. The van der Waals surface area contributed by atoms with Gasteiger partial charge in [0.05, 0.1) is 10.4 Å². The molecule has 20 heavy (non-hydrogen) atoms. The zero-order chi connectivity index (χ0) is 15.5. The van der Waals surface area contributed by atoms with Crippen molar-refractivity contribution in [3.63, 3.8) is 0 Å². The Kier molecular flexibility index (Phi) is 5.66. The molecule has 0 radical (unpaired) electrons. The Labute approximate surface area is 132 Å². The van der Waals surface area contributed by atoms with Crippen molar-refractivity contribution in [1.29, 1.82) is 0 Å². The smallest absolute Gasteiger partial charge is 0.268 e. The summed E-state index contributed by atoms with van der Waals surface area (Å²) in [6.07, 6.45) is 1.70. The van der Waals surface area contributed by atoms with Gasteiger partial charge in [-0.05, 0) is 52.4 Å². The van der Waals surface area contributed by atoms with Crippen LogP contribution in [0.25, 0.3) is 0 Å². The quantitative estimate of drug-likeness (QED) is 0.542. The largest absolute Gasteiger partial charge is 0.297 e. The van der Waals surface area contributed by atoms with Gasteiger partial charge in [0, 0.05) is 9.65 Å². The normalized spacial score (nSPS) is 15.5. The highest BCUT2D eigenvalue weighted by Crippen LogP contribution is 2.40. The zero-order valence-electron chi connectivity index (χ0n) is 11.7. The average Bonchev–Trinajstić information content (AvgIpc) is 2.40. The summed E-state index contributed by atoms with van der Waals surface area (Å²) >= 11 is 9.41. The van der Waals surface area contributed by atoms with Crippen LogP contribution >= 0.6 is 27.5 Å². The minimum absolute atomic E-state index is 0.130. The summed E-state index contributed by atoms with van der Waals surface area (Å²) in [4.78, 5) is 23.0. The summed E-state index contributed by atoms with van der Waals surface area (Å²) in [6, 6.07) is 5.22. The van der Waals surface area contributed by atoms with Crippen molar-refractivity contribution in [1.82, 2.24) is 0 Å². The lowest BCUT2D eigenvalue weighted by Gasteiger charge is -2.35. The molecule has 1 amide bonds. The number of carbonyl (C=O) groups is 1. The molecular formula is C15H17BrClNO2. The SMILES string of the molecule is C=CC(C(C)C)C(C)(C(=O)N=O)c1ccc(Br)c(Cl)c1. The van der Waals surface area contributed by atoms with E-state index in [1.165, 1.54) is 0 Å². The first-order valence-electron chi connectivity index (χ1n) is 6.24. The molecule has 1 aromatic rings. The Bertz CT molecular complexity index is 545. The number of benzene rings is 1. The Balaban J connectivity index is 3.52. The summed E-state index contributed by atoms with van der Waals surface area (Å²) < 4.78 is 0.733. The summed E-state index contributed by atoms with van der Waals surface area (Å²) in [5.74, 6) is -0.801. The number of halogens is 2. The molecule has 0 heterocycles. The van der Waals surface area contributed by atoms with Crippen LogP contribution in [0.3, 0.4) is 0 Å². The molecule has 2 atom stereocenters. The van der Waals surface area contributed by atoms with Crippen molar-refractivity contribution in [2.45, 2.75) is 26.2 Å². The van der Waals surface area contributed by atoms with Crippen LogP contribution in [0.4, 0.5) is 0 Å². The van der Waals surface area contributed by atoms with Gasteiger partial charge in [0.2, 0.25) is 0 Å². The molecule has 0 spiro atoms. The standard InChI is InChI=1S/C15H17BrClNO2/c1-5-11(9(2)3)15(4,14(19)18-20)10-6-7-12(16)13(17)8-10/h5-9,11H,1H2,2-4H3. The molecule has 0 aromatic heterocycles. The molecule has 0 N–H and O–H groups in total. The first-order valence-corrected chi connectivity index (χ1v) is 7.42. The molecule has 0 saturated carbocycles. The molecule has 5 heteroatoms. The number of nitroso groups, excluding NO2 is 1. The molecular weight excluding hydrogens is 342 g/mol. The Morgan fingerprint density at radius 2 is 2.10 bits per heavy atom. The summed E-state index contributed by atoms with van der Waals surface area (Å²) in [7, 11) is 0. The molecule has 2 unspecified atom stereocenters. The highest BCUT2D eigenvalue weighted by Gasteiger charge is 2.44. The van der Waals surface area contributed by atoms with Crippen LogP contribution in [0.15, 0.2) is 40.5 Å². The monoisotopic (exact) mass is 357 g/mol. The maximum atomic E-state index is 12.2. The molecule has 0 saturated heterocycles. The van der Waals surface area contributed by atoms with Gasteiger partial charge in [-0.3, -0.25) is 4.79 Å². The number of rotatable bonds is 5. The van der Waals surface area contributed by atoms with Gasteiger partial charge < -0.3 is 0 Å². The van der Waals surface area contributed by atoms with Crippen molar-refractivity contribution in [3.8, 4) is 0 Å². The fraction of sp³-hybridized carbons (Fsp3) is 0.400. The van der Waals surface area contributed by atoms with E-state index in [0.29, 0.717) is 10.6 Å². The van der Waals surface area contributed by atoms with Gasteiger partial charge in [-0.2, -0.15) is 0 Å². The molecule has 1 rings (SSSR count). The fourth-order valence-corrected chi connectivity index (χ4v) is 2.97. The van der Waals surface area contributed by atoms with Gasteiger partial charge in [-0.25, -0.2) is 0 Å². The lowest BCUT2D eigenvalue weighted by Crippen LogP contribution is -2.41. The minimum Gasteiger partial charge on any atom is -0.268 e. The van der Waals surface area contributed by atoms with Crippen molar-refractivity contribution >= 4 is 33.4 Å². The van der Waals surface area contributed by atoms with E-state index >= 15 is 0 Å². The third-order valence-corrected chi connectivity index (χ3v) is 4.92. The predicted octanol–water partition coefficient (Wildman–Crippen LogP) is 5.11. The molecule has 0 aliphatic heterocycles. The zero-order valence-corrected chi connectivity index (χ0v) is 14.0. The average molecular weight is 359 g/mol. The van der Waals surface area contributed by atoms with E-state index in [1.54, 1.807) is 31.2 Å². The van der Waals surface area contributed by atoms with Gasteiger partial charge in [-0.1, -0.05) is 37.6 Å². The number of hydrogen-bond donors (Lipinski definition) is 0. The van der Waals surface area contributed by atoms with Crippen molar-refractivity contribution < 1.29 is 4.79 Å². The summed E-state index contributed by atoms with van der Waals surface area (Å²) in [6.45, 7) is 9.45. The van der Waals surface area contributed by atoms with E-state index in [-0.39, 0.29) is 11.8 Å². The van der Waals surface area contributed by atoms with E-state index in [0.717, 1.165) is 4.47 Å². The van der Waals surface area contributed by atoms with Crippen molar-refractivity contribution in [2.24, 2.45) is 17.0 Å². The Hall–Kier alpha value is -1.000. The molecule has 1 aromatic carbocycles. The third-order valence-electron chi connectivity index (χ3n) is 3.69. The van der Waals surface area contributed by atoms with Gasteiger partial charge in [0.25, 0.3) is 5.91 Å². The van der Waals surface area contributed by atoms with Crippen LogP contribution in [0.1, 0.15) is 26.3 Å². The van der Waals surface area contributed by atoms with Crippen molar-refractivity contribution in [2.75, 3.05) is 0 Å². The second-order valence-electron chi connectivity index (χ2n) is 5.23. The third kappa shape index (κ3) is 3.01. The van der Waals surface area contributed by atoms with Crippen LogP contribution in [0, 0.1) is 16.7 Å². The van der Waals surface area contributed by atoms with E-state index < -0.39 is 11.3 Å². The molecule has 0 aliphatic rings. The highest BCUT2D eigenvalue weighted by molar-refractivity contribution is 9.10. The van der Waals surface area contributed by atoms with Gasteiger partial charge in [0.1, 0.15) is 0 Å². The Morgan fingerprint density at radius 1 is 1.50 bits per heavy atom. The van der Waals surface area contributed by atoms with Crippen LogP contribution in [0.5, 0.6) is 0 Å². The van der Waals surface area contributed by atoms with Gasteiger partial charge in [0.15, 0.2) is 0 Å². The maximum Gasteiger partial charge on any atom is 0.297 e. The van der Waals surface area contributed by atoms with Crippen LogP contribution in [0.2, 0.25) is 5.02 Å². The number of allylic oxidation sites excluding steroid dienone is 1. The Morgan fingerprint density at radius 3 is 2.50 bits per heavy atom. The minimum atomic E-state index is -1.07. The number of amides is 1. The summed E-state index contributed by atoms with van der Waals surface area (Å²) in [5, 5.41) is 3.13. The molecule has 0 bridgehead atoms. The van der Waals surface area contributed by atoms with Gasteiger partial charge in [-0.15, -0.1) is 11.5 Å². The fourth-order valence-electron chi connectivity index (χ4n) is 2.55. The van der Waals surface area contributed by atoms with Crippen molar-refractivity contribution in [3.05, 3.63) is 50.8 Å². The van der Waals surface area contributed by atoms with E-state index in [4.69, 9.17) is 11.6 Å². The first-order chi connectivity index (χ1) is 9.28. The lowest BCUT2D eigenvalue weighted by molar-refractivity contribution is -0.124. The molecule has 3 nitrogen and oxygen atoms in total. The topological polar surface area (TPSA) is 46.5 Å². The second-order valence-corrected chi connectivity index (χ2v) is 6.49. The van der Waals surface area contributed by atoms with E-state index in [1.807, 2.05) is 13.8 Å². The first kappa shape index (κ1) is 17.1. The summed E-state index contributed by atoms with van der Waals surface area (Å²) in [5.41, 5.74) is -0.406. The maximum absolute atomic E-state index is 12.2. The van der Waals surface area contributed by atoms with E-state index in [9.17, 15) is 9.70 Å². The van der Waals surface area contributed by atoms with Crippen LogP contribution in [-0.4, -0.2) is 5.91 Å². The number of carbonyl (C=O) groups excluding carboxylic acids is 1. The molecule has 0 aliphatic carbocycles. The predicted molar refractivity (Wildman–Crippen MR) is 85.8 cm³/mol. The second kappa shape index (κ2) is 6.64. The lowest BCUT2D eigenvalue weighted by atomic mass is 9.67. The van der Waals surface area contributed by atoms with Gasteiger partial charge >= 0.3 is 0 Å². The van der Waals surface area contributed by atoms with E-state index in [2.05, 4.69) is 27.7 Å². The van der Waals surface area contributed by atoms with Crippen LogP contribution < -0.4 is 0 Å². The van der Waals surface area contributed by atoms with Crippen LogP contribution in [-0.2, 0) is 10.2 Å².